The number of ether oxygens (including phenoxy) is 1. The van der Waals surface area contributed by atoms with Gasteiger partial charge in [-0.25, -0.2) is 0 Å². The molecule has 0 radical (unpaired) electrons. The number of carbonyl (C=O) groups is 1. The number of benzene rings is 2. The smallest absolute Gasteiger partial charge is 0.255 e. The number of allylic oxidation sites excluding steroid dienone is 1. The third kappa shape index (κ3) is 4.50. The van der Waals surface area contributed by atoms with Crippen molar-refractivity contribution < 1.29 is 9.53 Å². The summed E-state index contributed by atoms with van der Waals surface area (Å²) in [5.74, 6) is 1.43. The molecule has 0 spiro atoms. The third-order valence-electron chi connectivity index (χ3n) is 4.50. The average molecular weight is 335 g/mol. The Kier molecular flexibility index (Phi) is 5.22. The predicted molar refractivity (Wildman–Crippen MR) is 103 cm³/mol. The summed E-state index contributed by atoms with van der Waals surface area (Å²) in [4.78, 5) is 12.5. The summed E-state index contributed by atoms with van der Waals surface area (Å²) in [5, 5.41) is 2.97. The number of carbonyl (C=O) groups excluding carboxylic acids is 1. The highest BCUT2D eigenvalue weighted by Crippen LogP contribution is 2.29. The van der Waals surface area contributed by atoms with E-state index in [2.05, 4.69) is 18.8 Å². The van der Waals surface area contributed by atoms with Gasteiger partial charge in [-0.15, -0.1) is 0 Å². The van der Waals surface area contributed by atoms with E-state index in [1.165, 1.54) is 18.4 Å². The van der Waals surface area contributed by atoms with E-state index in [4.69, 9.17) is 4.74 Å². The molecule has 3 heteroatoms. The van der Waals surface area contributed by atoms with E-state index in [9.17, 15) is 4.79 Å². The summed E-state index contributed by atoms with van der Waals surface area (Å²) in [6.45, 7) is 8.89. The monoisotopic (exact) mass is 335 g/mol. The lowest BCUT2D eigenvalue weighted by Crippen LogP contribution is -2.12. The molecule has 1 saturated carbocycles. The first-order valence-corrected chi connectivity index (χ1v) is 8.90. The van der Waals surface area contributed by atoms with Gasteiger partial charge in [-0.3, -0.25) is 4.79 Å². The molecule has 0 saturated heterocycles. The second kappa shape index (κ2) is 7.56. The Bertz CT molecular complexity index is 773. The topological polar surface area (TPSA) is 38.3 Å². The second-order valence-electron chi connectivity index (χ2n) is 6.74. The van der Waals surface area contributed by atoms with Gasteiger partial charge in [0.1, 0.15) is 5.75 Å². The molecule has 3 rings (SSSR count). The Morgan fingerprint density at radius 3 is 2.52 bits per heavy atom. The van der Waals surface area contributed by atoms with E-state index < -0.39 is 0 Å². The molecule has 1 amide bonds. The van der Waals surface area contributed by atoms with Crippen LogP contribution in [-0.4, -0.2) is 12.5 Å². The largest absolute Gasteiger partial charge is 0.493 e. The van der Waals surface area contributed by atoms with Gasteiger partial charge in [0, 0.05) is 11.3 Å². The van der Waals surface area contributed by atoms with Crippen LogP contribution in [0.2, 0.25) is 0 Å². The number of amides is 1. The van der Waals surface area contributed by atoms with Crippen LogP contribution in [-0.2, 0) is 6.42 Å². The fraction of sp³-hybridized carbons (Fsp3) is 0.318. The summed E-state index contributed by atoms with van der Waals surface area (Å²) in [5.41, 5.74) is 4.81. The van der Waals surface area contributed by atoms with Crippen molar-refractivity contribution in [2.24, 2.45) is 5.92 Å². The van der Waals surface area contributed by atoms with Crippen LogP contribution >= 0.6 is 0 Å². The summed E-state index contributed by atoms with van der Waals surface area (Å²) in [7, 11) is 0. The minimum Gasteiger partial charge on any atom is -0.493 e. The van der Waals surface area contributed by atoms with E-state index in [1.54, 1.807) is 12.1 Å². The number of hydrogen-bond donors (Lipinski definition) is 1. The molecule has 1 aliphatic rings. The van der Waals surface area contributed by atoms with Crippen LogP contribution in [0.4, 0.5) is 5.69 Å². The first-order chi connectivity index (χ1) is 12.1. The van der Waals surface area contributed by atoms with Crippen molar-refractivity contribution in [1.82, 2.24) is 0 Å². The van der Waals surface area contributed by atoms with Crippen LogP contribution in [0.15, 0.2) is 49.0 Å². The highest BCUT2D eigenvalue weighted by Gasteiger charge is 2.21. The lowest BCUT2D eigenvalue weighted by Gasteiger charge is -2.12. The zero-order valence-electron chi connectivity index (χ0n) is 15.0. The molecule has 0 atom stereocenters. The highest BCUT2D eigenvalue weighted by molar-refractivity contribution is 6.04. The lowest BCUT2D eigenvalue weighted by molar-refractivity contribution is 0.102. The first kappa shape index (κ1) is 17.3. The fourth-order valence-electron chi connectivity index (χ4n) is 2.78. The molecule has 0 aliphatic heterocycles. The van der Waals surface area contributed by atoms with Gasteiger partial charge in [-0.05, 0) is 79.6 Å². The Morgan fingerprint density at radius 2 is 1.92 bits per heavy atom. The zero-order chi connectivity index (χ0) is 17.8. The molecule has 1 N–H and O–H groups in total. The SMILES string of the molecule is C=C(C)c1ccc(NC(=O)c2ccc(OCC3CC3)cc2)cc1CC. The van der Waals surface area contributed by atoms with Gasteiger partial charge in [0.15, 0.2) is 0 Å². The van der Waals surface area contributed by atoms with E-state index >= 15 is 0 Å². The Labute approximate surface area is 149 Å². The molecule has 0 aromatic heterocycles. The zero-order valence-corrected chi connectivity index (χ0v) is 15.0. The van der Waals surface area contributed by atoms with Crippen LogP contribution in [0.3, 0.4) is 0 Å². The Balaban J connectivity index is 1.65. The number of rotatable bonds is 7. The number of anilines is 1. The molecule has 1 aliphatic carbocycles. The second-order valence-corrected chi connectivity index (χ2v) is 6.74. The van der Waals surface area contributed by atoms with Gasteiger partial charge in [0.25, 0.3) is 5.91 Å². The summed E-state index contributed by atoms with van der Waals surface area (Å²) < 4.78 is 5.71. The molecule has 0 bridgehead atoms. The number of nitrogens with one attached hydrogen (secondary N) is 1. The minimum absolute atomic E-state index is 0.112. The molecule has 2 aromatic carbocycles. The molecular weight excluding hydrogens is 310 g/mol. The first-order valence-electron chi connectivity index (χ1n) is 8.90. The molecular formula is C22H25NO2. The van der Waals surface area contributed by atoms with Crippen molar-refractivity contribution in [3.63, 3.8) is 0 Å². The van der Waals surface area contributed by atoms with Crippen LogP contribution in [0.1, 0.15) is 48.2 Å². The third-order valence-corrected chi connectivity index (χ3v) is 4.50. The Morgan fingerprint density at radius 1 is 1.20 bits per heavy atom. The quantitative estimate of drug-likeness (QED) is 0.743. The van der Waals surface area contributed by atoms with Crippen molar-refractivity contribution in [3.8, 4) is 5.75 Å². The molecule has 25 heavy (non-hydrogen) atoms. The van der Waals surface area contributed by atoms with Gasteiger partial charge in [0.05, 0.1) is 6.61 Å². The van der Waals surface area contributed by atoms with Crippen LogP contribution in [0.5, 0.6) is 5.75 Å². The maximum Gasteiger partial charge on any atom is 0.255 e. The predicted octanol–water partition coefficient (Wildman–Crippen LogP) is 5.32. The molecule has 130 valence electrons. The van der Waals surface area contributed by atoms with Crippen molar-refractivity contribution in [2.45, 2.75) is 33.1 Å². The average Bonchev–Trinajstić information content (AvgIpc) is 3.44. The van der Waals surface area contributed by atoms with Gasteiger partial charge in [-0.1, -0.05) is 25.1 Å². The van der Waals surface area contributed by atoms with E-state index in [-0.39, 0.29) is 5.91 Å². The number of aryl methyl sites for hydroxylation is 1. The van der Waals surface area contributed by atoms with Crippen molar-refractivity contribution in [3.05, 3.63) is 65.7 Å². The van der Waals surface area contributed by atoms with Crippen molar-refractivity contribution in [2.75, 3.05) is 11.9 Å². The standard InChI is InChI=1S/C22H25NO2/c1-4-17-13-19(9-12-21(17)15(2)3)23-22(24)18-7-10-20(11-8-18)25-14-16-5-6-16/h7-13,16H,2,4-6,14H2,1,3H3,(H,23,24). The minimum atomic E-state index is -0.112. The summed E-state index contributed by atoms with van der Waals surface area (Å²) >= 11 is 0. The van der Waals surface area contributed by atoms with E-state index in [0.717, 1.165) is 41.5 Å². The fourth-order valence-corrected chi connectivity index (χ4v) is 2.78. The lowest BCUT2D eigenvalue weighted by atomic mass is 9.99. The number of hydrogen-bond acceptors (Lipinski definition) is 2. The highest BCUT2D eigenvalue weighted by atomic mass is 16.5. The van der Waals surface area contributed by atoms with Crippen molar-refractivity contribution >= 4 is 17.2 Å². The van der Waals surface area contributed by atoms with E-state index in [0.29, 0.717) is 5.56 Å². The summed E-state index contributed by atoms with van der Waals surface area (Å²) in [6.07, 6.45) is 3.44. The van der Waals surface area contributed by atoms with Gasteiger partial charge < -0.3 is 10.1 Å². The normalized spacial score (nSPS) is 13.4. The molecule has 1 fully saturated rings. The molecule has 0 heterocycles. The van der Waals surface area contributed by atoms with Crippen molar-refractivity contribution in [1.29, 1.82) is 0 Å². The molecule has 3 nitrogen and oxygen atoms in total. The molecule has 2 aromatic rings. The maximum absolute atomic E-state index is 12.5. The van der Waals surface area contributed by atoms with Crippen LogP contribution in [0.25, 0.3) is 5.57 Å². The van der Waals surface area contributed by atoms with Gasteiger partial charge >= 0.3 is 0 Å². The summed E-state index contributed by atoms with van der Waals surface area (Å²) in [6, 6.07) is 13.3. The van der Waals surface area contributed by atoms with Crippen LogP contribution < -0.4 is 10.1 Å². The van der Waals surface area contributed by atoms with Crippen LogP contribution in [0, 0.1) is 5.92 Å². The molecule has 0 unspecified atom stereocenters. The maximum atomic E-state index is 12.5. The van der Waals surface area contributed by atoms with Gasteiger partial charge in [-0.2, -0.15) is 0 Å². The van der Waals surface area contributed by atoms with E-state index in [1.807, 2.05) is 37.3 Å². The Hall–Kier alpha value is -2.55. The van der Waals surface area contributed by atoms with Gasteiger partial charge in [0.2, 0.25) is 0 Å².